The fourth-order valence-electron chi connectivity index (χ4n) is 3.94. The van der Waals surface area contributed by atoms with Crippen LogP contribution in [-0.4, -0.2) is 49.4 Å². The number of nitrogens with zero attached hydrogens (tertiary/aromatic N) is 7. The highest BCUT2D eigenvalue weighted by Crippen LogP contribution is 2.22. The quantitative estimate of drug-likeness (QED) is 0.504. The zero-order valence-corrected chi connectivity index (χ0v) is 18.1. The highest BCUT2D eigenvalue weighted by atomic mass is 16.1. The summed E-state index contributed by atoms with van der Waals surface area (Å²) >= 11 is 0. The van der Waals surface area contributed by atoms with E-state index in [4.69, 9.17) is 0 Å². The first-order valence-corrected chi connectivity index (χ1v) is 11.1. The van der Waals surface area contributed by atoms with Crippen molar-refractivity contribution >= 4 is 17.4 Å². The molecule has 1 saturated heterocycles. The lowest BCUT2D eigenvalue weighted by atomic mass is 10.1. The standard InChI is InChI=1S/C24H24N8O/c33-24(19-6-5-7-21(16-19)32-17-25-29-30-32)26-20-10-8-18(9-11-20)22-12-13-23(28-27-22)31-14-3-1-2-4-15-31/h5-13,16-17H,1-4,14-15H2,(H,26,33). The molecule has 0 unspecified atom stereocenters. The second kappa shape index (κ2) is 9.56. The Morgan fingerprint density at radius 2 is 1.70 bits per heavy atom. The Balaban J connectivity index is 1.25. The molecule has 3 heterocycles. The Labute approximate surface area is 191 Å². The van der Waals surface area contributed by atoms with Crippen LogP contribution in [0.1, 0.15) is 36.0 Å². The molecule has 0 spiro atoms. The number of hydrogen-bond donors (Lipinski definition) is 1. The largest absolute Gasteiger partial charge is 0.355 e. The molecule has 1 fully saturated rings. The molecule has 166 valence electrons. The fourth-order valence-corrected chi connectivity index (χ4v) is 3.94. The van der Waals surface area contributed by atoms with E-state index in [1.807, 2.05) is 42.5 Å². The van der Waals surface area contributed by atoms with Crippen LogP contribution < -0.4 is 10.2 Å². The number of benzene rings is 2. The van der Waals surface area contributed by atoms with Crippen molar-refractivity contribution in [3.05, 3.63) is 72.6 Å². The van der Waals surface area contributed by atoms with E-state index in [2.05, 4.69) is 35.9 Å². The average molecular weight is 441 g/mol. The van der Waals surface area contributed by atoms with Gasteiger partial charge in [-0.05, 0) is 65.7 Å². The first-order valence-electron chi connectivity index (χ1n) is 11.1. The minimum atomic E-state index is -0.209. The summed E-state index contributed by atoms with van der Waals surface area (Å²) in [5.74, 6) is 0.729. The van der Waals surface area contributed by atoms with Gasteiger partial charge in [-0.1, -0.05) is 31.0 Å². The van der Waals surface area contributed by atoms with Crippen LogP contribution in [0.3, 0.4) is 0 Å². The maximum Gasteiger partial charge on any atom is 0.255 e. The van der Waals surface area contributed by atoms with Crippen molar-refractivity contribution in [2.75, 3.05) is 23.3 Å². The maximum absolute atomic E-state index is 12.7. The normalized spacial score (nSPS) is 14.0. The summed E-state index contributed by atoms with van der Waals surface area (Å²) in [5.41, 5.74) is 3.68. The van der Waals surface area contributed by atoms with Crippen LogP contribution >= 0.6 is 0 Å². The van der Waals surface area contributed by atoms with Crippen molar-refractivity contribution in [3.63, 3.8) is 0 Å². The molecular formula is C24H24N8O. The third kappa shape index (κ3) is 4.87. The summed E-state index contributed by atoms with van der Waals surface area (Å²) < 4.78 is 1.50. The molecule has 0 bridgehead atoms. The molecule has 1 aliphatic rings. The molecule has 0 atom stereocenters. The van der Waals surface area contributed by atoms with Gasteiger partial charge in [-0.3, -0.25) is 4.79 Å². The van der Waals surface area contributed by atoms with Crippen LogP contribution in [-0.2, 0) is 0 Å². The van der Waals surface area contributed by atoms with E-state index >= 15 is 0 Å². The number of carbonyl (C=O) groups is 1. The third-order valence-electron chi connectivity index (χ3n) is 5.74. The summed E-state index contributed by atoms with van der Waals surface area (Å²) in [6.45, 7) is 2.09. The van der Waals surface area contributed by atoms with Crippen molar-refractivity contribution < 1.29 is 4.79 Å². The molecule has 9 nitrogen and oxygen atoms in total. The van der Waals surface area contributed by atoms with Crippen LogP contribution in [0.25, 0.3) is 16.9 Å². The molecule has 33 heavy (non-hydrogen) atoms. The molecule has 9 heteroatoms. The molecule has 4 aromatic rings. The van der Waals surface area contributed by atoms with Gasteiger partial charge >= 0.3 is 0 Å². The summed E-state index contributed by atoms with van der Waals surface area (Å²) in [4.78, 5) is 15.0. The molecule has 0 radical (unpaired) electrons. The van der Waals surface area contributed by atoms with E-state index < -0.39 is 0 Å². The molecule has 2 aromatic heterocycles. The van der Waals surface area contributed by atoms with Crippen LogP contribution in [0.5, 0.6) is 0 Å². The number of tetrazole rings is 1. The predicted octanol–water partition coefficient (Wildman–Crippen LogP) is 3.75. The highest BCUT2D eigenvalue weighted by molar-refractivity contribution is 6.04. The van der Waals surface area contributed by atoms with Crippen LogP contribution in [0.4, 0.5) is 11.5 Å². The Morgan fingerprint density at radius 1 is 0.879 bits per heavy atom. The SMILES string of the molecule is O=C(Nc1ccc(-c2ccc(N3CCCCCC3)nn2)cc1)c1cccc(-n2cnnn2)c1. The number of aromatic nitrogens is 6. The smallest absolute Gasteiger partial charge is 0.255 e. The second-order valence-electron chi connectivity index (χ2n) is 8.01. The van der Waals surface area contributed by atoms with Gasteiger partial charge in [-0.15, -0.1) is 15.3 Å². The van der Waals surface area contributed by atoms with E-state index in [9.17, 15) is 4.79 Å². The highest BCUT2D eigenvalue weighted by Gasteiger charge is 2.12. The van der Waals surface area contributed by atoms with Crippen LogP contribution in [0, 0.1) is 0 Å². The first kappa shape index (κ1) is 20.7. The Hall–Kier alpha value is -4.14. The van der Waals surface area contributed by atoms with Gasteiger partial charge in [0.25, 0.3) is 5.91 Å². The Bertz CT molecular complexity index is 1200. The molecule has 1 amide bonds. The molecule has 1 N–H and O–H groups in total. The minimum Gasteiger partial charge on any atom is -0.355 e. The monoisotopic (exact) mass is 440 g/mol. The molecule has 5 rings (SSSR count). The zero-order chi connectivity index (χ0) is 22.5. The molecule has 0 saturated carbocycles. The lowest BCUT2D eigenvalue weighted by Crippen LogP contribution is -2.25. The average Bonchev–Trinajstić information content (AvgIpc) is 3.27. The maximum atomic E-state index is 12.7. The molecular weight excluding hydrogens is 416 g/mol. The van der Waals surface area contributed by atoms with Crippen molar-refractivity contribution in [2.45, 2.75) is 25.7 Å². The van der Waals surface area contributed by atoms with Gasteiger partial charge in [-0.2, -0.15) is 0 Å². The summed E-state index contributed by atoms with van der Waals surface area (Å²) in [7, 11) is 0. The number of carbonyl (C=O) groups excluding carboxylic acids is 1. The van der Waals surface area contributed by atoms with Crippen LogP contribution in [0.15, 0.2) is 67.0 Å². The van der Waals surface area contributed by atoms with E-state index in [0.717, 1.165) is 30.2 Å². The van der Waals surface area contributed by atoms with Crippen molar-refractivity contribution in [3.8, 4) is 16.9 Å². The number of anilines is 2. The Morgan fingerprint density at radius 3 is 2.39 bits per heavy atom. The van der Waals surface area contributed by atoms with E-state index in [1.54, 1.807) is 18.2 Å². The lowest BCUT2D eigenvalue weighted by Gasteiger charge is -2.20. The second-order valence-corrected chi connectivity index (χ2v) is 8.01. The number of rotatable bonds is 5. The molecule has 0 aliphatic carbocycles. The third-order valence-corrected chi connectivity index (χ3v) is 5.74. The number of nitrogens with one attached hydrogen (secondary N) is 1. The first-order chi connectivity index (χ1) is 16.3. The molecule has 1 aliphatic heterocycles. The summed E-state index contributed by atoms with van der Waals surface area (Å²) in [6, 6.07) is 18.8. The number of amides is 1. The minimum absolute atomic E-state index is 0.209. The summed E-state index contributed by atoms with van der Waals surface area (Å²) in [5, 5.41) is 22.9. The summed E-state index contributed by atoms with van der Waals surface area (Å²) in [6.07, 6.45) is 6.47. The molecule has 2 aromatic carbocycles. The topological polar surface area (TPSA) is 102 Å². The van der Waals surface area contributed by atoms with Gasteiger partial charge in [0.1, 0.15) is 6.33 Å². The van der Waals surface area contributed by atoms with Gasteiger partial charge in [0.2, 0.25) is 0 Å². The van der Waals surface area contributed by atoms with Gasteiger partial charge in [-0.25, -0.2) is 4.68 Å². The van der Waals surface area contributed by atoms with E-state index in [1.165, 1.54) is 36.7 Å². The Kier molecular flexibility index (Phi) is 6.01. The van der Waals surface area contributed by atoms with Gasteiger partial charge in [0.15, 0.2) is 5.82 Å². The van der Waals surface area contributed by atoms with Gasteiger partial charge < -0.3 is 10.2 Å². The van der Waals surface area contributed by atoms with Crippen molar-refractivity contribution in [1.29, 1.82) is 0 Å². The van der Waals surface area contributed by atoms with E-state index in [0.29, 0.717) is 16.9 Å². The number of hydrogen-bond acceptors (Lipinski definition) is 7. The van der Waals surface area contributed by atoms with Crippen LogP contribution in [0.2, 0.25) is 0 Å². The fraction of sp³-hybridized carbons (Fsp3) is 0.250. The zero-order valence-electron chi connectivity index (χ0n) is 18.1. The van der Waals surface area contributed by atoms with Crippen molar-refractivity contribution in [2.24, 2.45) is 0 Å². The van der Waals surface area contributed by atoms with Gasteiger partial charge in [0, 0.05) is 29.9 Å². The van der Waals surface area contributed by atoms with Gasteiger partial charge in [0.05, 0.1) is 11.4 Å². The predicted molar refractivity (Wildman–Crippen MR) is 125 cm³/mol. The lowest BCUT2D eigenvalue weighted by molar-refractivity contribution is 0.102. The van der Waals surface area contributed by atoms with Crippen molar-refractivity contribution in [1.82, 2.24) is 30.4 Å². The van der Waals surface area contributed by atoms with E-state index in [-0.39, 0.29) is 5.91 Å².